The highest BCUT2D eigenvalue weighted by Crippen LogP contribution is 2.68. The van der Waals surface area contributed by atoms with E-state index in [1.807, 2.05) is 35.2 Å². The van der Waals surface area contributed by atoms with E-state index in [4.69, 9.17) is 0 Å². The van der Waals surface area contributed by atoms with E-state index >= 15 is 0 Å². The number of aliphatic hydroxyl groups is 2. The number of nitrogens with one attached hydrogen (secondary N) is 1. The minimum atomic E-state index is -0.640. The molecule has 0 aromatic heterocycles. The Labute approximate surface area is 152 Å². The second kappa shape index (κ2) is 6.64. The summed E-state index contributed by atoms with van der Waals surface area (Å²) in [7, 11) is 0. The summed E-state index contributed by atoms with van der Waals surface area (Å²) in [5.41, 5.74) is 0.651. The molecule has 1 saturated carbocycles. The Morgan fingerprint density at radius 2 is 2.08 bits per heavy atom. The van der Waals surface area contributed by atoms with Crippen LogP contribution in [0.15, 0.2) is 30.3 Å². The number of nitrogens with zero attached hydrogens (tertiary/aromatic N) is 2. The van der Waals surface area contributed by atoms with Crippen molar-refractivity contribution in [2.75, 3.05) is 45.9 Å². The molecule has 3 fully saturated rings. The number of rotatable bonds is 4. The molecule has 2 aliphatic heterocycles. The lowest BCUT2D eigenvalue weighted by atomic mass is 9.95. The van der Waals surface area contributed by atoms with Crippen LogP contribution in [0.25, 0.3) is 0 Å². The summed E-state index contributed by atoms with van der Waals surface area (Å²) in [6, 6.07) is 9.91. The molecule has 1 aromatic rings. The van der Waals surface area contributed by atoms with Gasteiger partial charge in [-0.2, -0.15) is 0 Å². The number of hydrogen-bond acceptors (Lipinski definition) is 5. The third-order valence-corrected chi connectivity index (χ3v) is 6.23. The second-order valence-electron chi connectivity index (χ2n) is 7.64. The van der Waals surface area contributed by atoms with Gasteiger partial charge < -0.3 is 20.4 Å². The number of piperazine rings is 1. The van der Waals surface area contributed by atoms with Crippen molar-refractivity contribution in [3.05, 3.63) is 35.9 Å². The van der Waals surface area contributed by atoms with Crippen LogP contribution in [-0.4, -0.2) is 83.8 Å². The molecule has 1 spiro atoms. The number of carbonyl (C=O) groups excluding carboxylic acids is 2. The predicted molar refractivity (Wildman–Crippen MR) is 94.2 cm³/mol. The number of amides is 2. The average molecular weight is 359 g/mol. The normalized spacial score (nSPS) is 34.2. The van der Waals surface area contributed by atoms with E-state index in [0.29, 0.717) is 26.2 Å². The van der Waals surface area contributed by atoms with Crippen LogP contribution in [0.4, 0.5) is 0 Å². The molecule has 3 aliphatic rings. The zero-order chi connectivity index (χ0) is 18.3. The fourth-order valence-corrected chi connectivity index (χ4v) is 4.88. The molecular formula is C19H25N3O4. The van der Waals surface area contributed by atoms with Crippen LogP contribution in [0.5, 0.6) is 0 Å². The minimum absolute atomic E-state index is 0.00491. The maximum Gasteiger partial charge on any atom is 0.236 e. The highest BCUT2D eigenvalue weighted by atomic mass is 16.3. The summed E-state index contributed by atoms with van der Waals surface area (Å²) in [4.78, 5) is 27.7. The predicted octanol–water partition coefficient (Wildman–Crippen LogP) is -0.986. The summed E-state index contributed by atoms with van der Waals surface area (Å²) in [6.45, 7) is 2.39. The largest absolute Gasteiger partial charge is 0.396 e. The van der Waals surface area contributed by atoms with Gasteiger partial charge in [0.1, 0.15) is 0 Å². The van der Waals surface area contributed by atoms with Crippen molar-refractivity contribution < 1.29 is 19.8 Å². The molecule has 140 valence electrons. The molecule has 2 saturated heterocycles. The van der Waals surface area contributed by atoms with Gasteiger partial charge in [0.05, 0.1) is 19.2 Å². The summed E-state index contributed by atoms with van der Waals surface area (Å²) >= 11 is 0. The van der Waals surface area contributed by atoms with E-state index in [1.54, 1.807) is 4.90 Å². The Morgan fingerprint density at radius 3 is 2.77 bits per heavy atom. The first-order valence-electron chi connectivity index (χ1n) is 9.17. The van der Waals surface area contributed by atoms with E-state index in [2.05, 4.69) is 5.32 Å². The van der Waals surface area contributed by atoms with Crippen LogP contribution in [0.2, 0.25) is 0 Å². The summed E-state index contributed by atoms with van der Waals surface area (Å²) in [6.07, 6.45) is -0.640. The third kappa shape index (κ3) is 2.80. The quantitative estimate of drug-likeness (QED) is 0.642. The van der Waals surface area contributed by atoms with Crippen LogP contribution in [0.3, 0.4) is 0 Å². The van der Waals surface area contributed by atoms with Crippen LogP contribution < -0.4 is 5.32 Å². The summed E-state index contributed by atoms with van der Waals surface area (Å²) < 4.78 is 0. The molecule has 7 nitrogen and oxygen atoms in total. The van der Waals surface area contributed by atoms with Crippen molar-refractivity contribution in [2.45, 2.75) is 12.0 Å². The van der Waals surface area contributed by atoms with Gasteiger partial charge in [-0.15, -0.1) is 0 Å². The topological polar surface area (TPSA) is 93.1 Å². The lowest BCUT2D eigenvalue weighted by molar-refractivity contribution is -0.133. The van der Waals surface area contributed by atoms with Gasteiger partial charge >= 0.3 is 0 Å². The standard InChI is InChI=1S/C19H25N3O4/c23-11-14-18(13-4-2-1-3-5-13)19(14)12-22(8-15(19)24)17(26)10-21-7-6-20-16(25)9-21/h1-5,14-15,18,23-24H,6-12H2,(H,20,25)/t14-,15+,18-,19-/m1/s1. The molecule has 2 heterocycles. The van der Waals surface area contributed by atoms with Crippen molar-refractivity contribution in [2.24, 2.45) is 11.3 Å². The van der Waals surface area contributed by atoms with E-state index in [-0.39, 0.29) is 43.3 Å². The third-order valence-electron chi connectivity index (χ3n) is 6.23. The van der Waals surface area contributed by atoms with Crippen LogP contribution >= 0.6 is 0 Å². The smallest absolute Gasteiger partial charge is 0.236 e. The van der Waals surface area contributed by atoms with Crippen LogP contribution in [0, 0.1) is 11.3 Å². The molecule has 7 heteroatoms. The first kappa shape index (κ1) is 17.5. The Hall–Kier alpha value is -1.96. The van der Waals surface area contributed by atoms with Gasteiger partial charge in [0, 0.05) is 38.2 Å². The maximum atomic E-state index is 12.7. The highest BCUT2D eigenvalue weighted by molar-refractivity contribution is 5.82. The van der Waals surface area contributed by atoms with Crippen molar-refractivity contribution in [3.8, 4) is 0 Å². The minimum Gasteiger partial charge on any atom is -0.396 e. The molecule has 2 amide bonds. The average Bonchev–Trinajstić information content (AvgIpc) is 3.17. The van der Waals surface area contributed by atoms with E-state index in [9.17, 15) is 19.8 Å². The van der Waals surface area contributed by atoms with Gasteiger partial charge in [-0.25, -0.2) is 0 Å². The molecule has 0 unspecified atom stereocenters. The molecule has 1 aliphatic carbocycles. The Bertz CT molecular complexity index is 697. The zero-order valence-electron chi connectivity index (χ0n) is 14.7. The number of carbonyl (C=O) groups is 2. The van der Waals surface area contributed by atoms with Crippen molar-refractivity contribution >= 4 is 11.8 Å². The van der Waals surface area contributed by atoms with Gasteiger partial charge in [0.15, 0.2) is 0 Å². The van der Waals surface area contributed by atoms with Crippen molar-refractivity contribution in [1.82, 2.24) is 15.1 Å². The Morgan fingerprint density at radius 1 is 1.31 bits per heavy atom. The van der Waals surface area contributed by atoms with E-state index < -0.39 is 11.5 Å². The second-order valence-corrected chi connectivity index (χ2v) is 7.64. The molecule has 1 aromatic carbocycles. The molecule has 4 atom stereocenters. The number of β-amino-alcohol motifs (C(OH)–C–C–N with tert-alkyl or cyclic N) is 1. The fraction of sp³-hybridized carbons (Fsp3) is 0.579. The molecule has 0 radical (unpaired) electrons. The molecule has 4 rings (SSSR count). The number of hydrogen-bond donors (Lipinski definition) is 3. The first-order chi connectivity index (χ1) is 12.6. The van der Waals surface area contributed by atoms with Crippen molar-refractivity contribution in [3.63, 3.8) is 0 Å². The molecule has 3 N–H and O–H groups in total. The first-order valence-corrected chi connectivity index (χ1v) is 9.17. The van der Waals surface area contributed by atoms with Gasteiger partial charge in [0.2, 0.25) is 11.8 Å². The number of aliphatic hydroxyl groups excluding tert-OH is 2. The Kier molecular flexibility index (Phi) is 4.46. The summed E-state index contributed by atoms with van der Waals surface area (Å²) in [5, 5.41) is 23.3. The summed E-state index contributed by atoms with van der Waals surface area (Å²) in [5.74, 6) is -0.0830. The zero-order valence-corrected chi connectivity index (χ0v) is 14.7. The van der Waals surface area contributed by atoms with Gasteiger partial charge in [-0.05, 0) is 17.4 Å². The maximum absolute atomic E-state index is 12.7. The molecule has 26 heavy (non-hydrogen) atoms. The lowest BCUT2D eigenvalue weighted by Crippen LogP contribution is -2.51. The van der Waals surface area contributed by atoms with Crippen LogP contribution in [0.1, 0.15) is 11.5 Å². The van der Waals surface area contributed by atoms with Crippen LogP contribution in [-0.2, 0) is 9.59 Å². The number of benzene rings is 1. The molecular weight excluding hydrogens is 334 g/mol. The van der Waals surface area contributed by atoms with Gasteiger partial charge in [-0.1, -0.05) is 30.3 Å². The Balaban J connectivity index is 1.45. The lowest BCUT2D eigenvalue weighted by Gasteiger charge is -2.27. The molecule has 0 bridgehead atoms. The fourth-order valence-electron chi connectivity index (χ4n) is 4.88. The SMILES string of the molecule is O=C1CN(CC(=O)N2C[C@H](O)[C@@]3(C2)[C@H](CO)[C@H]3c2ccccc2)CCN1. The number of likely N-dealkylation sites (tertiary alicyclic amines) is 1. The van der Waals surface area contributed by atoms with E-state index in [0.717, 1.165) is 5.56 Å². The van der Waals surface area contributed by atoms with Gasteiger partial charge in [-0.3, -0.25) is 14.5 Å². The van der Waals surface area contributed by atoms with Crippen molar-refractivity contribution in [1.29, 1.82) is 0 Å². The monoisotopic (exact) mass is 359 g/mol. The highest BCUT2D eigenvalue weighted by Gasteiger charge is 2.71. The van der Waals surface area contributed by atoms with E-state index in [1.165, 1.54) is 0 Å². The van der Waals surface area contributed by atoms with Gasteiger partial charge in [0.25, 0.3) is 0 Å².